The molecule has 7 heteroatoms. The smallest absolute Gasteiger partial charge is 0.167 e. The van der Waals surface area contributed by atoms with Crippen molar-refractivity contribution >= 4 is 0 Å². The van der Waals surface area contributed by atoms with Crippen LogP contribution in [0.3, 0.4) is 0 Å². The summed E-state index contributed by atoms with van der Waals surface area (Å²) in [6.45, 7) is 0. The van der Waals surface area contributed by atoms with E-state index < -0.39 is 5.82 Å². The maximum absolute atomic E-state index is 16.5. The Morgan fingerprint density at radius 1 is 0.265 bits per heavy atom. The van der Waals surface area contributed by atoms with Crippen molar-refractivity contribution in [2.24, 2.45) is 0 Å². The van der Waals surface area contributed by atoms with E-state index in [0.717, 1.165) is 27.8 Å². The predicted octanol–water partition coefficient (Wildman–Crippen LogP) is 9.86. The molecular formula is C42H27FN6. The number of hydrogen-bond donors (Lipinski definition) is 0. The van der Waals surface area contributed by atoms with Crippen LogP contribution in [-0.4, -0.2) is 29.9 Å². The second-order valence-electron chi connectivity index (χ2n) is 11.3. The number of rotatable bonds is 7. The summed E-state index contributed by atoms with van der Waals surface area (Å²) in [6, 6.07) is 51.7. The van der Waals surface area contributed by atoms with Crippen molar-refractivity contribution < 1.29 is 4.39 Å². The normalized spacial score (nSPS) is 11.0. The van der Waals surface area contributed by atoms with Crippen molar-refractivity contribution in [3.05, 3.63) is 170 Å². The molecular weight excluding hydrogens is 608 g/mol. The lowest BCUT2D eigenvalue weighted by molar-refractivity contribution is 0.630. The van der Waals surface area contributed by atoms with Gasteiger partial charge in [0, 0.05) is 27.8 Å². The van der Waals surface area contributed by atoms with E-state index in [1.807, 2.05) is 152 Å². The Morgan fingerprint density at radius 2 is 0.551 bits per heavy atom. The van der Waals surface area contributed by atoms with Crippen LogP contribution in [0, 0.1) is 5.82 Å². The van der Waals surface area contributed by atoms with Gasteiger partial charge < -0.3 is 0 Å². The molecule has 8 rings (SSSR count). The average molecular weight is 635 g/mol. The minimum Gasteiger partial charge on any atom is -0.208 e. The molecule has 0 amide bonds. The Labute approximate surface area is 282 Å². The summed E-state index contributed by atoms with van der Waals surface area (Å²) >= 11 is 0. The maximum atomic E-state index is 16.5. The third-order valence-corrected chi connectivity index (χ3v) is 8.07. The quantitative estimate of drug-likeness (QED) is 0.174. The van der Waals surface area contributed by atoms with Gasteiger partial charge in [0.1, 0.15) is 5.82 Å². The van der Waals surface area contributed by atoms with Crippen LogP contribution in [0.2, 0.25) is 0 Å². The van der Waals surface area contributed by atoms with Gasteiger partial charge in [-0.05, 0) is 23.3 Å². The van der Waals surface area contributed by atoms with Crippen molar-refractivity contribution in [2.75, 3.05) is 0 Å². The van der Waals surface area contributed by atoms with Gasteiger partial charge >= 0.3 is 0 Å². The Bertz CT molecular complexity index is 2260. The lowest BCUT2D eigenvalue weighted by atomic mass is 9.96. The van der Waals surface area contributed by atoms with Crippen LogP contribution in [-0.2, 0) is 0 Å². The highest BCUT2D eigenvalue weighted by Crippen LogP contribution is 2.37. The largest absolute Gasteiger partial charge is 0.208 e. The molecule has 0 aliphatic rings. The first kappa shape index (κ1) is 29.7. The van der Waals surface area contributed by atoms with Gasteiger partial charge in [-0.3, -0.25) is 0 Å². The van der Waals surface area contributed by atoms with E-state index in [0.29, 0.717) is 40.2 Å². The van der Waals surface area contributed by atoms with Crippen molar-refractivity contribution in [2.45, 2.75) is 0 Å². The molecule has 0 N–H and O–H groups in total. The molecule has 8 aromatic rings. The summed E-state index contributed by atoms with van der Waals surface area (Å²) < 4.78 is 16.5. The fourth-order valence-corrected chi connectivity index (χ4v) is 5.64. The molecule has 2 aromatic heterocycles. The minimum atomic E-state index is -0.479. The molecule has 0 atom stereocenters. The second-order valence-corrected chi connectivity index (χ2v) is 11.3. The fourth-order valence-electron chi connectivity index (χ4n) is 5.64. The number of halogens is 1. The van der Waals surface area contributed by atoms with Gasteiger partial charge in [-0.2, -0.15) is 0 Å². The zero-order valence-corrected chi connectivity index (χ0v) is 26.1. The van der Waals surface area contributed by atoms with Gasteiger partial charge in [0.15, 0.2) is 34.9 Å². The van der Waals surface area contributed by atoms with Crippen LogP contribution < -0.4 is 0 Å². The van der Waals surface area contributed by atoms with Crippen molar-refractivity contribution in [3.8, 4) is 79.5 Å². The molecule has 0 saturated carbocycles. The van der Waals surface area contributed by atoms with Crippen molar-refractivity contribution in [1.29, 1.82) is 0 Å². The first-order valence-corrected chi connectivity index (χ1v) is 15.8. The summed E-state index contributed by atoms with van der Waals surface area (Å²) in [6.07, 6.45) is 0. The van der Waals surface area contributed by atoms with Gasteiger partial charge in [-0.1, -0.05) is 152 Å². The monoisotopic (exact) mass is 634 g/mol. The van der Waals surface area contributed by atoms with Crippen molar-refractivity contribution in [3.63, 3.8) is 0 Å². The van der Waals surface area contributed by atoms with Crippen molar-refractivity contribution in [1.82, 2.24) is 29.9 Å². The number of hydrogen-bond acceptors (Lipinski definition) is 6. The Balaban J connectivity index is 1.39. The molecule has 0 aliphatic heterocycles. The highest BCUT2D eigenvalue weighted by molar-refractivity contribution is 5.85. The van der Waals surface area contributed by atoms with E-state index in [2.05, 4.69) is 0 Å². The molecule has 0 unspecified atom stereocenters. The highest BCUT2D eigenvalue weighted by atomic mass is 19.1. The van der Waals surface area contributed by atoms with Gasteiger partial charge in [0.05, 0.1) is 5.56 Å². The predicted molar refractivity (Wildman–Crippen MR) is 191 cm³/mol. The van der Waals surface area contributed by atoms with E-state index in [9.17, 15) is 0 Å². The topological polar surface area (TPSA) is 77.3 Å². The Hall–Kier alpha value is -6.73. The Kier molecular flexibility index (Phi) is 7.97. The van der Waals surface area contributed by atoms with Gasteiger partial charge in [-0.25, -0.2) is 34.3 Å². The number of benzene rings is 6. The van der Waals surface area contributed by atoms with E-state index in [4.69, 9.17) is 29.9 Å². The maximum Gasteiger partial charge on any atom is 0.167 e. The molecule has 6 aromatic carbocycles. The molecule has 0 fully saturated rings. The molecule has 6 nitrogen and oxygen atoms in total. The second kappa shape index (κ2) is 13.2. The summed E-state index contributed by atoms with van der Waals surface area (Å²) in [7, 11) is 0. The molecule has 2 heterocycles. The summed E-state index contributed by atoms with van der Waals surface area (Å²) in [5.74, 6) is 2.01. The third kappa shape index (κ3) is 6.21. The summed E-state index contributed by atoms with van der Waals surface area (Å²) in [5, 5.41) is 0. The molecule has 0 spiro atoms. The van der Waals surface area contributed by atoms with Crippen LogP contribution in [0.15, 0.2) is 164 Å². The van der Waals surface area contributed by atoms with Crippen LogP contribution in [0.5, 0.6) is 0 Å². The average Bonchev–Trinajstić information content (AvgIpc) is 3.19. The van der Waals surface area contributed by atoms with E-state index in [1.54, 1.807) is 6.07 Å². The lowest BCUT2D eigenvalue weighted by Gasteiger charge is -2.15. The molecule has 0 radical (unpaired) electrons. The third-order valence-electron chi connectivity index (χ3n) is 8.07. The standard InChI is InChI=1S/C42H27FN6/c43-36-27-33(28-16-6-1-7-17-28)34(41-46-37(29-18-8-2-9-19-29)44-38(47-41)30-20-10-3-11-21-30)26-35(36)42-48-39(31-22-12-4-13-23-31)45-40(49-42)32-24-14-5-15-25-32/h1-27H. The van der Waals surface area contributed by atoms with Gasteiger partial charge in [-0.15, -0.1) is 0 Å². The van der Waals surface area contributed by atoms with E-state index in [-0.39, 0.29) is 11.4 Å². The molecule has 0 aliphatic carbocycles. The van der Waals surface area contributed by atoms with E-state index >= 15 is 4.39 Å². The first-order valence-electron chi connectivity index (χ1n) is 15.8. The SMILES string of the molecule is Fc1cc(-c2ccccc2)c(-c2nc(-c3ccccc3)nc(-c3ccccc3)n2)cc1-c1nc(-c2ccccc2)nc(-c2ccccc2)n1. The molecule has 0 bridgehead atoms. The molecule has 0 saturated heterocycles. The minimum absolute atomic E-state index is 0.201. The highest BCUT2D eigenvalue weighted by Gasteiger charge is 2.22. The zero-order valence-electron chi connectivity index (χ0n) is 26.1. The van der Waals surface area contributed by atoms with Crippen LogP contribution in [0.25, 0.3) is 79.5 Å². The van der Waals surface area contributed by atoms with E-state index in [1.165, 1.54) is 6.07 Å². The summed E-state index contributed by atoms with van der Waals surface area (Å²) in [5.41, 5.74) is 5.53. The van der Waals surface area contributed by atoms with Gasteiger partial charge in [0.25, 0.3) is 0 Å². The molecule has 49 heavy (non-hydrogen) atoms. The number of aromatic nitrogens is 6. The van der Waals surface area contributed by atoms with Crippen LogP contribution >= 0.6 is 0 Å². The number of nitrogens with zero attached hydrogens (tertiary/aromatic N) is 6. The zero-order chi connectivity index (χ0) is 33.0. The molecule has 232 valence electrons. The summed E-state index contributed by atoms with van der Waals surface area (Å²) in [4.78, 5) is 29.2. The lowest BCUT2D eigenvalue weighted by Crippen LogP contribution is -2.04. The fraction of sp³-hybridized carbons (Fsp3) is 0. The van der Waals surface area contributed by atoms with Crippen LogP contribution in [0.1, 0.15) is 0 Å². The van der Waals surface area contributed by atoms with Gasteiger partial charge in [0.2, 0.25) is 0 Å². The Morgan fingerprint density at radius 3 is 0.898 bits per heavy atom. The first-order chi connectivity index (χ1) is 24.2. The van der Waals surface area contributed by atoms with Crippen LogP contribution in [0.4, 0.5) is 4.39 Å².